The van der Waals surface area contributed by atoms with Crippen LogP contribution in [0.3, 0.4) is 0 Å². The summed E-state index contributed by atoms with van der Waals surface area (Å²) in [5, 5.41) is 0. The average Bonchev–Trinajstić information content (AvgIpc) is 2.38. The van der Waals surface area contributed by atoms with Crippen molar-refractivity contribution in [3.05, 3.63) is 72.3 Å². The van der Waals surface area contributed by atoms with Gasteiger partial charge in [0.2, 0.25) is 0 Å². The zero-order valence-electron chi connectivity index (χ0n) is 9.90. The molecule has 0 amide bonds. The maximum absolute atomic E-state index is 3.76. The molecular formula is C17H14. The van der Waals surface area contributed by atoms with E-state index in [-0.39, 0.29) is 0 Å². The minimum atomic E-state index is 0.886. The Kier molecular flexibility index (Phi) is 3.43. The molecule has 0 saturated heterocycles. The monoisotopic (exact) mass is 218 g/mol. The zero-order valence-corrected chi connectivity index (χ0v) is 9.90. The van der Waals surface area contributed by atoms with Crippen LogP contribution >= 0.6 is 0 Å². The van der Waals surface area contributed by atoms with Crippen LogP contribution in [0, 0.1) is 11.8 Å². The first-order chi connectivity index (χ1) is 8.25. The number of rotatable bonds is 1. The Morgan fingerprint density at radius 3 is 2.06 bits per heavy atom. The second kappa shape index (κ2) is 5.18. The van der Waals surface area contributed by atoms with Crippen molar-refractivity contribution >= 4 is 0 Å². The van der Waals surface area contributed by atoms with E-state index >= 15 is 0 Å². The molecule has 2 aromatic rings. The van der Waals surface area contributed by atoms with Gasteiger partial charge < -0.3 is 0 Å². The van der Waals surface area contributed by atoms with Crippen molar-refractivity contribution in [1.82, 2.24) is 0 Å². The maximum atomic E-state index is 3.76. The lowest BCUT2D eigenvalue weighted by Gasteiger charge is -2.00. The van der Waals surface area contributed by atoms with E-state index in [0.29, 0.717) is 0 Å². The smallest absolute Gasteiger partial charge is 0.0249 e. The Hall–Kier alpha value is -2.26. The fraction of sp³-hybridized carbons (Fsp3) is 0.0588. The van der Waals surface area contributed by atoms with Gasteiger partial charge in [-0.2, -0.15) is 0 Å². The van der Waals surface area contributed by atoms with Crippen LogP contribution in [0.1, 0.15) is 12.5 Å². The second-order valence-electron chi connectivity index (χ2n) is 3.97. The van der Waals surface area contributed by atoms with Gasteiger partial charge in [-0.1, -0.05) is 60.9 Å². The summed E-state index contributed by atoms with van der Waals surface area (Å²) in [5.41, 5.74) is 4.35. The van der Waals surface area contributed by atoms with Crippen LogP contribution in [0.15, 0.2) is 66.7 Å². The van der Waals surface area contributed by atoms with Crippen LogP contribution in [-0.2, 0) is 0 Å². The number of hydrogen-bond donors (Lipinski definition) is 0. The van der Waals surface area contributed by atoms with Gasteiger partial charge in [0.25, 0.3) is 0 Å². The predicted octanol–water partition coefficient (Wildman–Crippen LogP) is 4.28. The Morgan fingerprint density at radius 1 is 0.882 bits per heavy atom. The van der Waals surface area contributed by atoms with Gasteiger partial charge in [-0.15, -0.1) is 0 Å². The molecule has 0 fully saturated rings. The lowest BCUT2D eigenvalue weighted by molar-refractivity contribution is 1.58. The molecule has 0 N–H and O–H groups in total. The molecule has 0 atom stereocenters. The van der Waals surface area contributed by atoms with E-state index in [9.17, 15) is 0 Å². The highest BCUT2D eigenvalue weighted by Gasteiger charge is 1.95. The summed E-state index contributed by atoms with van der Waals surface area (Å²) < 4.78 is 0. The van der Waals surface area contributed by atoms with Gasteiger partial charge in [-0.05, 0) is 35.8 Å². The van der Waals surface area contributed by atoms with Crippen molar-refractivity contribution in [1.29, 1.82) is 0 Å². The van der Waals surface area contributed by atoms with Gasteiger partial charge in [-0.3, -0.25) is 0 Å². The molecule has 0 aliphatic carbocycles. The summed E-state index contributed by atoms with van der Waals surface area (Å²) in [7, 11) is 0. The lowest BCUT2D eigenvalue weighted by Crippen LogP contribution is -1.78. The van der Waals surface area contributed by atoms with E-state index in [1.165, 1.54) is 11.1 Å². The van der Waals surface area contributed by atoms with E-state index in [2.05, 4.69) is 42.7 Å². The van der Waals surface area contributed by atoms with E-state index in [4.69, 9.17) is 0 Å². The molecule has 82 valence electrons. The predicted molar refractivity (Wildman–Crippen MR) is 73.6 cm³/mol. The molecule has 0 aromatic heterocycles. The van der Waals surface area contributed by atoms with Crippen molar-refractivity contribution < 1.29 is 0 Å². The van der Waals surface area contributed by atoms with Crippen LogP contribution in [-0.4, -0.2) is 0 Å². The first kappa shape index (κ1) is 11.2. The summed E-state index contributed by atoms with van der Waals surface area (Å²) >= 11 is 0. The quantitative estimate of drug-likeness (QED) is 0.627. The van der Waals surface area contributed by atoms with E-state index in [1.54, 1.807) is 0 Å². The van der Waals surface area contributed by atoms with E-state index in [1.807, 2.05) is 37.3 Å². The Labute approximate surface area is 103 Å². The summed E-state index contributed by atoms with van der Waals surface area (Å²) in [6, 6.07) is 18.6. The first-order valence-corrected chi connectivity index (χ1v) is 5.59. The second-order valence-corrected chi connectivity index (χ2v) is 3.97. The molecule has 0 unspecified atom stereocenters. The lowest BCUT2D eigenvalue weighted by atomic mass is 10.0. The summed E-state index contributed by atoms with van der Waals surface area (Å²) in [5.74, 6) is 6.05. The molecule has 0 radical (unpaired) electrons. The van der Waals surface area contributed by atoms with Crippen molar-refractivity contribution in [2.75, 3.05) is 0 Å². The molecule has 2 aromatic carbocycles. The molecule has 17 heavy (non-hydrogen) atoms. The highest BCUT2D eigenvalue weighted by Crippen LogP contribution is 2.18. The first-order valence-electron chi connectivity index (χ1n) is 5.59. The minimum Gasteiger partial charge on any atom is -0.0877 e. The summed E-state index contributed by atoms with van der Waals surface area (Å²) in [4.78, 5) is 0. The van der Waals surface area contributed by atoms with Gasteiger partial charge in [0.05, 0.1) is 0 Å². The molecule has 0 saturated carbocycles. The standard InChI is InChI=1S/C17H14/c1-14(2)8-9-15-10-12-17(13-11-15)16-6-4-3-5-7-16/h3-7,10-13H,1H2,2H3. The highest BCUT2D eigenvalue weighted by molar-refractivity contribution is 5.64. The molecule has 0 spiro atoms. The number of hydrogen-bond acceptors (Lipinski definition) is 0. The maximum Gasteiger partial charge on any atom is 0.0249 e. The van der Waals surface area contributed by atoms with E-state index < -0.39 is 0 Å². The third kappa shape index (κ3) is 3.09. The SMILES string of the molecule is C=C(C)C#Cc1ccc(-c2ccccc2)cc1. The van der Waals surface area contributed by atoms with Gasteiger partial charge in [0.15, 0.2) is 0 Å². The molecule has 0 nitrogen and oxygen atoms in total. The zero-order chi connectivity index (χ0) is 12.1. The van der Waals surface area contributed by atoms with Crippen molar-refractivity contribution in [2.24, 2.45) is 0 Å². The summed E-state index contributed by atoms with van der Waals surface area (Å²) in [6.45, 7) is 5.67. The Morgan fingerprint density at radius 2 is 1.47 bits per heavy atom. The molecule has 0 bridgehead atoms. The molecule has 0 aliphatic rings. The van der Waals surface area contributed by atoms with Crippen LogP contribution in [0.5, 0.6) is 0 Å². The number of allylic oxidation sites excluding steroid dienone is 1. The van der Waals surface area contributed by atoms with Gasteiger partial charge in [-0.25, -0.2) is 0 Å². The Bertz CT molecular complexity index is 563. The molecule has 2 rings (SSSR count). The third-order valence-corrected chi connectivity index (χ3v) is 2.41. The number of benzene rings is 2. The molecule has 0 heterocycles. The van der Waals surface area contributed by atoms with Crippen LogP contribution in [0.25, 0.3) is 11.1 Å². The fourth-order valence-electron chi connectivity index (χ4n) is 1.56. The topological polar surface area (TPSA) is 0 Å². The molecule has 0 aliphatic heterocycles. The van der Waals surface area contributed by atoms with Gasteiger partial charge in [0.1, 0.15) is 0 Å². The largest absolute Gasteiger partial charge is 0.0877 e. The minimum absolute atomic E-state index is 0.886. The van der Waals surface area contributed by atoms with Crippen LogP contribution in [0.4, 0.5) is 0 Å². The van der Waals surface area contributed by atoms with Crippen LogP contribution < -0.4 is 0 Å². The van der Waals surface area contributed by atoms with Crippen molar-refractivity contribution in [3.63, 3.8) is 0 Å². The molecular weight excluding hydrogens is 204 g/mol. The fourth-order valence-corrected chi connectivity index (χ4v) is 1.56. The Balaban J connectivity index is 2.26. The van der Waals surface area contributed by atoms with Gasteiger partial charge >= 0.3 is 0 Å². The third-order valence-electron chi connectivity index (χ3n) is 2.41. The van der Waals surface area contributed by atoms with Crippen molar-refractivity contribution in [3.8, 4) is 23.0 Å². The van der Waals surface area contributed by atoms with E-state index in [0.717, 1.165) is 11.1 Å². The van der Waals surface area contributed by atoms with Gasteiger partial charge in [0, 0.05) is 5.56 Å². The highest BCUT2D eigenvalue weighted by atomic mass is 14.0. The van der Waals surface area contributed by atoms with Crippen LogP contribution in [0.2, 0.25) is 0 Å². The molecule has 0 heteroatoms. The summed E-state index contributed by atoms with van der Waals surface area (Å²) in [6.07, 6.45) is 0. The van der Waals surface area contributed by atoms with Crippen molar-refractivity contribution in [2.45, 2.75) is 6.92 Å². The average molecular weight is 218 g/mol. The normalized spacial score (nSPS) is 9.24.